The van der Waals surface area contributed by atoms with Crippen LogP contribution in [0.25, 0.3) is 0 Å². The average molecular weight is 529 g/mol. The minimum absolute atomic E-state index is 0. The van der Waals surface area contributed by atoms with Gasteiger partial charge in [0.05, 0.1) is 27.6 Å². The van der Waals surface area contributed by atoms with Gasteiger partial charge in [-0.25, -0.2) is 8.42 Å². The Balaban J connectivity index is 0.00000306. The molecule has 0 aliphatic carbocycles. The van der Waals surface area contributed by atoms with Gasteiger partial charge in [-0.2, -0.15) is 8.91 Å². The van der Waals surface area contributed by atoms with Crippen molar-refractivity contribution in [1.82, 2.24) is 0 Å². The van der Waals surface area contributed by atoms with Crippen LogP contribution in [0.3, 0.4) is 0 Å². The van der Waals surface area contributed by atoms with E-state index in [4.69, 9.17) is 0 Å². The van der Waals surface area contributed by atoms with E-state index in [0.29, 0.717) is 11.4 Å². The molecule has 0 fully saturated rings. The number of benzene rings is 2. The van der Waals surface area contributed by atoms with Crippen LogP contribution in [0.4, 0.5) is 11.4 Å². The first-order chi connectivity index (χ1) is 15.7. The Morgan fingerprint density at radius 2 is 1.86 bits per heavy atom. The summed E-state index contributed by atoms with van der Waals surface area (Å²) in [6.45, 7) is 4.48. The molecule has 0 amide bonds. The number of nitrogens with zero attached hydrogens (tertiary/aromatic N) is 1. The fraction of sp³-hybridized carbons (Fsp3) is 0.292. The van der Waals surface area contributed by atoms with Crippen LogP contribution < -0.4 is 40.1 Å². The molecule has 0 bridgehead atoms. The van der Waals surface area contributed by atoms with Crippen molar-refractivity contribution in [3.63, 3.8) is 0 Å². The zero-order valence-corrected chi connectivity index (χ0v) is 22.9. The van der Waals surface area contributed by atoms with Crippen LogP contribution in [0.5, 0.6) is 0 Å². The number of nitrogens with one attached hydrogen (secondary N) is 1. The van der Waals surface area contributed by atoms with Crippen LogP contribution in [0, 0.1) is 0 Å². The van der Waals surface area contributed by atoms with Crippen molar-refractivity contribution in [3.8, 4) is 0 Å². The van der Waals surface area contributed by atoms with Gasteiger partial charge in [-0.05, 0) is 44.2 Å². The normalized spacial score (nSPS) is 14.6. The van der Waals surface area contributed by atoms with Gasteiger partial charge in [0.2, 0.25) is 5.69 Å². The van der Waals surface area contributed by atoms with Crippen molar-refractivity contribution in [2.45, 2.75) is 38.0 Å². The smallest absolute Gasteiger partial charge is 0.748 e. The number of para-hydroxylation sites is 1. The molecule has 0 unspecified atom stereocenters. The Morgan fingerprint density at radius 1 is 1.14 bits per heavy atom. The molecule has 2 aromatic rings. The molecule has 11 heteroatoms. The van der Waals surface area contributed by atoms with E-state index in [-0.39, 0.29) is 43.4 Å². The quantitative estimate of drug-likeness (QED) is 0.0876. The van der Waals surface area contributed by atoms with Gasteiger partial charge in [-0.3, -0.25) is 5.04 Å². The van der Waals surface area contributed by atoms with Gasteiger partial charge >= 0.3 is 29.6 Å². The van der Waals surface area contributed by atoms with E-state index in [1.165, 1.54) is 0 Å². The molecule has 3 rings (SSSR count). The topological polar surface area (TPSA) is 114 Å². The zero-order chi connectivity index (χ0) is 23.9. The third-order valence-electron chi connectivity index (χ3n) is 5.28. The van der Waals surface area contributed by atoms with E-state index in [9.17, 15) is 18.2 Å². The first-order valence-electron chi connectivity index (χ1n) is 10.2. The molecular weight excluding hydrogens is 499 g/mol. The van der Waals surface area contributed by atoms with Gasteiger partial charge in [0.1, 0.15) is 6.54 Å². The van der Waals surface area contributed by atoms with Gasteiger partial charge in [-0.15, -0.1) is 0 Å². The molecule has 1 aliphatic heterocycles. The third-order valence-corrected chi connectivity index (χ3v) is 6.64. The molecule has 0 saturated carbocycles. The molecule has 0 radical (unpaired) electrons. The van der Waals surface area contributed by atoms with Crippen LogP contribution in [0.1, 0.15) is 33.3 Å². The monoisotopic (exact) mass is 528 g/mol. The minimum atomic E-state index is -4.29. The largest absolute Gasteiger partial charge is 1.00 e. The molecule has 8 nitrogen and oxygen atoms in total. The van der Waals surface area contributed by atoms with Crippen molar-refractivity contribution in [2.75, 3.05) is 17.6 Å². The summed E-state index contributed by atoms with van der Waals surface area (Å²) in [5.74, 6) is -0.431. The van der Waals surface area contributed by atoms with Gasteiger partial charge in [0.15, 0.2) is 5.71 Å². The summed E-state index contributed by atoms with van der Waals surface area (Å²) in [6.07, 6.45) is 7.78. The van der Waals surface area contributed by atoms with E-state index in [1.807, 2.05) is 71.5 Å². The second kappa shape index (κ2) is 14.3. The molecule has 0 saturated heterocycles. The second-order valence-electron chi connectivity index (χ2n) is 7.90. The van der Waals surface area contributed by atoms with E-state index in [0.717, 1.165) is 34.7 Å². The molecular formula is C24H29N2NaO6S2. The van der Waals surface area contributed by atoms with E-state index >= 15 is 0 Å². The van der Waals surface area contributed by atoms with Crippen molar-refractivity contribution in [1.29, 1.82) is 0 Å². The molecule has 35 heavy (non-hydrogen) atoms. The minimum Gasteiger partial charge on any atom is -0.748 e. The van der Waals surface area contributed by atoms with Crippen molar-refractivity contribution < 1.29 is 61.7 Å². The zero-order valence-electron chi connectivity index (χ0n) is 19.3. The summed E-state index contributed by atoms with van der Waals surface area (Å²) in [4.78, 5) is 0.692. The number of hydrogen-bond acceptors (Lipinski definition) is 8. The Morgan fingerprint density at radius 3 is 2.51 bits per heavy atom. The van der Waals surface area contributed by atoms with Gasteiger partial charge < -0.3 is 15.1 Å². The summed E-state index contributed by atoms with van der Waals surface area (Å²) < 4.78 is 39.8. The molecule has 184 valence electrons. The van der Waals surface area contributed by atoms with Crippen LogP contribution >= 0.6 is 12.0 Å². The number of anilines is 1. The maximum atomic E-state index is 11.1. The summed E-state index contributed by atoms with van der Waals surface area (Å²) in [7, 11) is -4.29. The molecule has 1 heterocycles. The Labute approximate surface area is 233 Å². The molecule has 1 aliphatic rings. The standard InChI is InChI=1S/C23H26N2O6S2.CH4.Na/c1-23(2)20-17-19(32-31-30-26)12-13-21(20)25(15-8-16-33(27,28)29)22(23)11-6-7-14-24-18-9-4-3-5-10-18;;/h3-7,9-14,17H,8,15-16H2,1-2H3,(H2,26,27,28,29);1H4;/q;;+1/p-1. The molecule has 2 aromatic carbocycles. The first-order valence-corrected chi connectivity index (χ1v) is 12.6. The summed E-state index contributed by atoms with van der Waals surface area (Å²) in [5.41, 5.74) is 3.39. The van der Waals surface area contributed by atoms with Crippen molar-refractivity contribution in [3.05, 3.63) is 78.5 Å². The van der Waals surface area contributed by atoms with Crippen LogP contribution in [-0.4, -0.2) is 35.6 Å². The SMILES string of the molecule is C.CC1(C)C(/C=C/C=C/Nc2ccccc2)=[N+](CCCS(=O)(=O)[O-])c2ccc(SOO[O-])cc21.[Na+]. The van der Waals surface area contributed by atoms with Crippen molar-refractivity contribution >= 4 is 39.2 Å². The summed E-state index contributed by atoms with van der Waals surface area (Å²) in [5, 5.41) is 16.8. The Bertz CT molecular complexity index is 1170. The fourth-order valence-electron chi connectivity index (χ4n) is 3.78. The van der Waals surface area contributed by atoms with E-state index < -0.39 is 21.3 Å². The average Bonchev–Trinajstić information content (AvgIpc) is 2.98. The van der Waals surface area contributed by atoms with Crippen LogP contribution in [0.15, 0.2) is 77.9 Å². The van der Waals surface area contributed by atoms with Gasteiger partial charge in [0, 0.05) is 46.7 Å². The maximum Gasteiger partial charge on any atom is 1.00 e. The van der Waals surface area contributed by atoms with Gasteiger partial charge in [0.25, 0.3) is 0 Å². The summed E-state index contributed by atoms with van der Waals surface area (Å²) in [6, 6.07) is 15.3. The molecule has 0 spiro atoms. The van der Waals surface area contributed by atoms with Crippen LogP contribution in [0.2, 0.25) is 0 Å². The number of hydrogen-bond donors (Lipinski definition) is 1. The third kappa shape index (κ3) is 8.85. The number of rotatable bonds is 11. The second-order valence-corrected chi connectivity index (χ2v) is 10.2. The number of fused-ring (bicyclic) bond motifs is 1. The molecule has 0 aromatic heterocycles. The van der Waals surface area contributed by atoms with E-state index in [1.54, 1.807) is 6.07 Å². The molecule has 0 atom stereocenters. The molecule has 1 N–H and O–H groups in total. The van der Waals surface area contributed by atoms with Crippen LogP contribution in [-0.2, 0) is 24.9 Å². The predicted molar refractivity (Wildman–Crippen MR) is 132 cm³/mol. The van der Waals surface area contributed by atoms with Crippen molar-refractivity contribution in [2.24, 2.45) is 0 Å². The number of allylic oxidation sites excluding steroid dienone is 3. The van der Waals surface area contributed by atoms with E-state index in [2.05, 4.69) is 28.5 Å². The fourth-order valence-corrected chi connectivity index (χ4v) is 4.66. The van der Waals surface area contributed by atoms with Gasteiger partial charge in [-0.1, -0.05) is 31.7 Å². The predicted octanol–water partition coefficient (Wildman–Crippen LogP) is 1.05. The maximum absolute atomic E-state index is 11.1. The Kier molecular flexibility index (Phi) is 12.9. The summed E-state index contributed by atoms with van der Waals surface area (Å²) >= 11 is 0.813. The first kappa shape index (κ1) is 31.6. The Hall–Kier alpha value is -1.47.